The van der Waals surface area contributed by atoms with Crippen molar-refractivity contribution in [3.05, 3.63) is 47.5 Å². The molecule has 0 radical (unpaired) electrons. The summed E-state index contributed by atoms with van der Waals surface area (Å²) in [5, 5.41) is 3.42. The van der Waals surface area contributed by atoms with Gasteiger partial charge in [0.2, 0.25) is 0 Å². The van der Waals surface area contributed by atoms with Gasteiger partial charge < -0.3 is 14.8 Å². The van der Waals surface area contributed by atoms with Crippen LogP contribution in [-0.4, -0.2) is 26.3 Å². The maximum absolute atomic E-state index is 12.5. The van der Waals surface area contributed by atoms with Crippen LogP contribution in [0.25, 0.3) is 0 Å². The van der Waals surface area contributed by atoms with E-state index in [0.29, 0.717) is 35.3 Å². The van der Waals surface area contributed by atoms with Gasteiger partial charge in [0, 0.05) is 10.7 Å². The second kappa shape index (κ2) is 6.15. The normalized spacial score (nSPS) is 13.1. The molecule has 0 saturated heterocycles. The van der Waals surface area contributed by atoms with Gasteiger partial charge >= 0.3 is 6.03 Å². The Morgan fingerprint density at radius 2 is 2.05 bits per heavy atom. The quantitative estimate of drug-likeness (QED) is 0.916. The van der Waals surface area contributed by atoms with E-state index in [1.807, 2.05) is 0 Å². The Labute approximate surface area is 133 Å². The Balaban J connectivity index is 1.79. The van der Waals surface area contributed by atoms with Crippen molar-refractivity contribution >= 4 is 29.0 Å². The molecule has 2 amide bonds. The van der Waals surface area contributed by atoms with Crippen LogP contribution in [0.15, 0.2) is 42.5 Å². The molecule has 0 atom stereocenters. The summed E-state index contributed by atoms with van der Waals surface area (Å²) >= 11 is 6.01. The number of nitrogens with one attached hydrogen (secondary N) is 1. The van der Waals surface area contributed by atoms with Crippen LogP contribution in [0.4, 0.5) is 16.2 Å². The zero-order chi connectivity index (χ0) is 15.5. The van der Waals surface area contributed by atoms with Crippen LogP contribution in [0.2, 0.25) is 5.02 Å². The third kappa shape index (κ3) is 2.94. The van der Waals surface area contributed by atoms with Gasteiger partial charge in [0.15, 0.2) is 0 Å². The van der Waals surface area contributed by atoms with Crippen molar-refractivity contribution in [1.29, 1.82) is 0 Å². The number of urea groups is 1. The van der Waals surface area contributed by atoms with Gasteiger partial charge in [-0.05, 0) is 42.5 Å². The summed E-state index contributed by atoms with van der Waals surface area (Å²) in [5.41, 5.74) is 1.37. The molecule has 114 valence electrons. The van der Waals surface area contributed by atoms with E-state index < -0.39 is 0 Å². The molecule has 0 saturated carbocycles. The average Bonchev–Trinajstić information content (AvgIpc) is 2.55. The van der Waals surface area contributed by atoms with E-state index in [-0.39, 0.29) is 6.03 Å². The highest BCUT2D eigenvalue weighted by atomic mass is 35.5. The van der Waals surface area contributed by atoms with Crippen LogP contribution in [0.1, 0.15) is 0 Å². The number of rotatable bonds is 2. The molecule has 0 spiro atoms. The van der Waals surface area contributed by atoms with Crippen molar-refractivity contribution in [2.45, 2.75) is 0 Å². The number of amides is 2. The van der Waals surface area contributed by atoms with Gasteiger partial charge in [-0.1, -0.05) is 11.6 Å². The molecule has 0 aromatic heterocycles. The molecule has 1 aliphatic heterocycles. The standard InChI is InChI=1S/C16H15ClN2O3/c1-21-13-5-3-12(4-6-13)18-16(20)19-8-9-22-15-7-2-11(17)10-14(15)19/h2-7,10H,8-9H2,1H3,(H,18,20). The number of anilines is 2. The Kier molecular flexibility index (Phi) is 4.06. The second-order valence-corrected chi connectivity index (χ2v) is 5.21. The van der Waals surface area contributed by atoms with E-state index in [9.17, 15) is 4.79 Å². The average molecular weight is 319 g/mol. The van der Waals surface area contributed by atoms with Crippen LogP contribution < -0.4 is 19.7 Å². The van der Waals surface area contributed by atoms with Gasteiger partial charge in [-0.3, -0.25) is 4.90 Å². The van der Waals surface area contributed by atoms with Crippen molar-refractivity contribution in [3.8, 4) is 11.5 Å². The number of halogens is 1. The molecule has 1 heterocycles. The molecule has 1 aliphatic rings. The minimum absolute atomic E-state index is 0.225. The van der Waals surface area contributed by atoms with E-state index in [4.69, 9.17) is 21.1 Å². The number of carbonyl (C=O) groups excluding carboxylic acids is 1. The molecule has 6 heteroatoms. The first-order valence-electron chi connectivity index (χ1n) is 6.82. The number of ether oxygens (including phenoxy) is 2. The Hall–Kier alpha value is -2.40. The fourth-order valence-electron chi connectivity index (χ4n) is 2.27. The first kappa shape index (κ1) is 14.5. The molecular weight excluding hydrogens is 304 g/mol. The topological polar surface area (TPSA) is 50.8 Å². The van der Waals surface area contributed by atoms with Crippen LogP contribution in [-0.2, 0) is 0 Å². The number of carbonyl (C=O) groups is 1. The predicted molar refractivity (Wildman–Crippen MR) is 86.3 cm³/mol. The number of hydrogen-bond acceptors (Lipinski definition) is 3. The summed E-state index contributed by atoms with van der Waals surface area (Å²) in [7, 11) is 1.60. The highest BCUT2D eigenvalue weighted by molar-refractivity contribution is 6.31. The highest BCUT2D eigenvalue weighted by Gasteiger charge is 2.24. The molecule has 2 aromatic rings. The minimum Gasteiger partial charge on any atom is -0.497 e. The van der Waals surface area contributed by atoms with Gasteiger partial charge in [0.1, 0.15) is 18.1 Å². The molecule has 22 heavy (non-hydrogen) atoms. The fraction of sp³-hybridized carbons (Fsp3) is 0.188. The van der Waals surface area contributed by atoms with Gasteiger partial charge in [0.25, 0.3) is 0 Å². The van der Waals surface area contributed by atoms with Crippen molar-refractivity contribution in [2.75, 3.05) is 30.5 Å². The van der Waals surface area contributed by atoms with Gasteiger partial charge in [-0.25, -0.2) is 4.79 Å². The molecule has 5 nitrogen and oxygen atoms in total. The predicted octanol–water partition coefficient (Wildman–Crippen LogP) is 3.78. The fourth-order valence-corrected chi connectivity index (χ4v) is 2.43. The summed E-state index contributed by atoms with van der Waals surface area (Å²) < 4.78 is 10.6. The maximum Gasteiger partial charge on any atom is 0.326 e. The number of benzene rings is 2. The van der Waals surface area contributed by atoms with Crippen LogP contribution >= 0.6 is 11.6 Å². The number of fused-ring (bicyclic) bond motifs is 1. The Bertz CT molecular complexity index is 688. The lowest BCUT2D eigenvalue weighted by Crippen LogP contribution is -2.40. The summed E-state index contributed by atoms with van der Waals surface area (Å²) in [6.45, 7) is 0.917. The third-order valence-corrected chi connectivity index (χ3v) is 3.61. The lowest BCUT2D eigenvalue weighted by Gasteiger charge is -2.29. The van der Waals surface area contributed by atoms with E-state index >= 15 is 0 Å². The molecule has 0 aliphatic carbocycles. The third-order valence-electron chi connectivity index (χ3n) is 3.37. The summed E-state index contributed by atoms with van der Waals surface area (Å²) in [5.74, 6) is 1.39. The lowest BCUT2D eigenvalue weighted by atomic mass is 10.2. The summed E-state index contributed by atoms with van der Waals surface area (Å²) in [4.78, 5) is 14.1. The van der Waals surface area contributed by atoms with E-state index in [1.54, 1.807) is 54.5 Å². The first-order valence-corrected chi connectivity index (χ1v) is 7.20. The SMILES string of the molecule is COc1ccc(NC(=O)N2CCOc3ccc(Cl)cc32)cc1. The first-order chi connectivity index (χ1) is 10.7. The monoisotopic (exact) mass is 318 g/mol. The molecule has 1 N–H and O–H groups in total. The van der Waals surface area contributed by atoms with Crippen LogP contribution in [0, 0.1) is 0 Å². The highest BCUT2D eigenvalue weighted by Crippen LogP contribution is 2.34. The number of hydrogen-bond donors (Lipinski definition) is 1. The van der Waals surface area contributed by atoms with Crippen molar-refractivity contribution in [1.82, 2.24) is 0 Å². The number of methoxy groups -OCH3 is 1. The number of nitrogens with zero attached hydrogens (tertiary/aromatic N) is 1. The summed E-state index contributed by atoms with van der Waals surface area (Å²) in [6.07, 6.45) is 0. The van der Waals surface area contributed by atoms with Gasteiger partial charge in [-0.15, -0.1) is 0 Å². The summed E-state index contributed by atoms with van der Waals surface area (Å²) in [6, 6.07) is 12.2. The molecule has 0 fully saturated rings. The van der Waals surface area contributed by atoms with E-state index in [1.165, 1.54) is 0 Å². The van der Waals surface area contributed by atoms with Crippen molar-refractivity contribution < 1.29 is 14.3 Å². The zero-order valence-electron chi connectivity index (χ0n) is 12.0. The smallest absolute Gasteiger partial charge is 0.326 e. The Morgan fingerprint density at radius 3 is 2.77 bits per heavy atom. The largest absolute Gasteiger partial charge is 0.497 e. The van der Waals surface area contributed by atoms with Crippen molar-refractivity contribution in [2.24, 2.45) is 0 Å². The molecule has 0 unspecified atom stereocenters. The minimum atomic E-state index is -0.225. The molecule has 3 rings (SSSR count). The van der Waals surface area contributed by atoms with Gasteiger partial charge in [0.05, 0.1) is 19.3 Å². The Morgan fingerprint density at radius 1 is 1.27 bits per heavy atom. The van der Waals surface area contributed by atoms with E-state index in [2.05, 4.69) is 5.32 Å². The van der Waals surface area contributed by atoms with E-state index in [0.717, 1.165) is 5.75 Å². The van der Waals surface area contributed by atoms with Crippen LogP contribution in [0.3, 0.4) is 0 Å². The maximum atomic E-state index is 12.5. The van der Waals surface area contributed by atoms with Gasteiger partial charge in [-0.2, -0.15) is 0 Å². The molecule has 0 bridgehead atoms. The zero-order valence-corrected chi connectivity index (χ0v) is 12.8. The van der Waals surface area contributed by atoms with Crippen LogP contribution in [0.5, 0.6) is 11.5 Å². The second-order valence-electron chi connectivity index (χ2n) is 4.77. The molecular formula is C16H15ClN2O3. The molecule has 2 aromatic carbocycles. The lowest BCUT2D eigenvalue weighted by molar-refractivity contribution is 0.250. The van der Waals surface area contributed by atoms with Crippen molar-refractivity contribution in [3.63, 3.8) is 0 Å².